The lowest BCUT2D eigenvalue weighted by Gasteiger charge is -2.07. The zero-order valence-electron chi connectivity index (χ0n) is 8.66. The molecular weight excluding hydrogens is 325 g/mol. The van der Waals surface area contributed by atoms with Crippen LogP contribution in [0, 0.1) is 0 Å². The largest absolute Gasteiger partial charge is 0.437 e. The normalized spacial score (nSPS) is 10.3. The number of aromatic nitrogens is 1. The van der Waals surface area contributed by atoms with Crippen LogP contribution in [0.1, 0.15) is 5.56 Å². The Kier molecular flexibility index (Phi) is 4.26. The first kappa shape index (κ1) is 12.7. The standard InChI is InChI=1S/C12H8BrCl2NO/c13-9-2-3-11(10(15)5-9)17-12-4-1-8(6-14)7-16-12/h1-5,7H,6H2. The van der Waals surface area contributed by atoms with Gasteiger partial charge in [0.1, 0.15) is 5.75 Å². The molecule has 0 aliphatic heterocycles. The minimum atomic E-state index is 0.437. The Morgan fingerprint density at radius 3 is 2.65 bits per heavy atom. The lowest BCUT2D eigenvalue weighted by Crippen LogP contribution is -1.89. The third-order valence-corrected chi connectivity index (χ3v) is 3.16. The predicted molar refractivity (Wildman–Crippen MR) is 73.0 cm³/mol. The van der Waals surface area contributed by atoms with Gasteiger partial charge in [-0.2, -0.15) is 0 Å². The number of hydrogen-bond acceptors (Lipinski definition) is 2. The van der Waals surface area contributed by atoms with Crippen molar-refractivity contribution in [3.05, 3.63) is 51.6 Å². The van der Waals surface area contributed by atoms with Crippen molar-refractivity contribution < 1.29 is 4.74 Å². The van der Waals surface area contributed by atoms with Crippen LogP contribution in [0.15, 0.2) is 41.0 Å². The number of benzene rings is 1. The average molecular weight is 333 g/mol. The van der Waals surface area contributed by atoms with E-state index in [1.54, 1.807) is 24.4 Å². The number of alkyl halides is 1. The molecule has 0 N–H and O–H groups in total. The summed E-state index contributed by atoms with van der Waals surface area (Å²) in [4.78, 5) is 4.13. The summed E-state index contributed by atoms with van der Waals surface area (Å²) >= 11 is 15.0. The van der Waals surface area contributed by atoms with E-state index in [9.17, 15) is 0 Å². The molecule has 1 heterocycles. The predicted octanol–water partition coefficient (Wildman–Crippen LogP) is 5.03. The number of halogens is 3. The Morgan fingerprint density at radius 1 is 1.24 bits per heavy atom. The molecule has 0 saturated carbocycles. The molecule has 5 heteroatoms. The highest BCUT2D eigenvalue weighted by molar-refractivity contribution is 9.10. The van der Waals surface area contributed by atoms with Crippen LogP contribution in [0.4, 0.5) is 0 Å². The Morgan fingerprint density at radius 2 is 2.06 bits per heavy atom. The van der Waals surface area contributed by atoms with Crippen molar-refractivity contribution in [1.82, 2.24) is 4.98 Å². The maximum absolute atomic E-state index is 6.03. The molecular formula is C12H8BrCl2NO. The first-order chi connectivity index (χ1) is 8.19. The summed E-state index contributed by atoms with van der Waals surface area (Å²) in [5.41, 5.74) is 0.945. The molecule has 0 aliphatic rings. The van der Waals surface area contributed by atoms with E-state index < -0.39 is 0 Å². The number of nitrogens with zero attached hydrogens (tertiary/aromatic N) is 1. The van der Waals surface area contributed by atoms with Crippen LogP contribution in [0.5, 0.6) is 11.6 Å². The minimum Gasteiger partial charge on any atom is -0.437 e. The van der Waals surface area contributed by atoms with Crippen LogP contribution in [0.2, 0.25) is 5.02 Å². The second-order valence-electron chi connectivity index (χ2n) is 3.32. The third kappa shape index (κ3) is 3.35. The Bertz CT molecular complexity index is 516. The number of rotatable bonds is 3. The summed E-state index contributed by atoms with van der Waals surface area (Å²) in [5.74, 6) is 1.50. The van der Waals surface area contributed by atoms with Crippen LogP contribution < -0.4 is 4.74 Å². The zero-order chi connectivity index (χ0) is 12.3. The Hall–Kier alpha value is -0.770. The molecule has 0 spiro atoms. The van der Waals surface area contributed by atoms with E-state index in [1.807, 2.05) is 12.1 Å². The molecule has 2 nitrogen and oxygen atoms in total. The van der Waals surface area contributed by atoms with Gasteiger partial charge < -0.3 is 4.74 Å². The number of ether oxygens (including phenoxy) is 1. The molecule has 0 aliphatic carbocycles. The summed E-state index contributed by atoms with van der Waals surface area (Å²) in [7, 11) is 0. The van der Waals surface area contributed by atoms with Crippen molar-refractivity contribution in [2.75, 3.05) is 0 Å². The van der Waals surface area contributed by atoms with Crippen LogP contribution in [-0.2, 0) is 5.88 Å². The molecule has 0 amide bonds. The Balaban J connectivity index is 2.19. The van der Waals surface area contributed by atoms with Gasteiger partial charge in [-0.3, -0.25) is 0 Å². The van der Waals surface area contributed by atoms with Gasteiger partial charge in [0.2, 0.25) is 5.88 Å². The van der Waals surface area contributed by atoms with Crippen molar-refractivity contribution >= 4 is 39.1 Å². The van der Waals surface area contributed by atoms with Gasteiger partial charge in [0.05, 0.1) is 5.02 Å². The smallest absolute Gasteiger partial charge is 0.219 e. The lowest BCUT2D eigenvalue weighted by molar-refractivity contribution is 0.463. The number of hydrogen-bond donors (Lipinski definition) is 0. The highest BCUT2D eigenvalue weighted by atomic mass is 79.9. The van der Waals surface area contributed by atoms with Gasteiger partial charge in [-0.1, -0.05) is 33.6 Å². The van der Waals surface area contributed by atoms with E-state index in [-0.39, 0.29) is 0 Å². The molecule has 88 valence electrons. The molecule has 17 heavy (non-hydrogen) atoms. The van der Waals surface area contributed by atoms with Gasteiger partial charge >= 0.3 is 0 Å². The molecule has 0 unspecified atom stereocenters. The topological polar surface area (TPSA) is 22.1 Å². The molecule has 1 aromatic carbocycles. The van der Waals surface area contributed by atoms with Crippen molar-refractivity contribution in [3.8, 4) is 11.6 Å². The minimum absolute atomic E-state index is 0.437. The molecule has 0 bridgehead atoms. The van der Waals surface area contributed by atoms with Gasteiger partial charge in [0, 0.05) is 22.6 Å². The van der Waals surface area contributed by atoms with Crippen molar-refractivity contribution in [2.45, 2.75) is 5.88 Å². The molecule has 0 saturated heterocycles. The Labute approximate surface area is 118 Å². The van der Waals surface area contributed by atoms with E-state index in [1.165, 1.54) is 0 Å². The number of pyridine rings is 1. The van der Waals surface area contributed by atoms with Crippen molar-refractivity contribution in [2.24, 2.45) is 0 Å². The van der Waals surface area contributed by atoms with E-state index in [0.717, 1.165) is 10.0 Å². The van der Waals surface area contributed by atoms with Gasteiger partial charge in [-0.25, -0.2) is 4.98 Å². The van der Waals surface area contributed by atoms with E-state index in [2.05, 4.69) is 20.9 Å². The maximum Gasteiger partial charge on any atom is 0.219 e. The molecule has 0 atom stereocenters. The molecule has 0 radical (unpaired) electrons. The fourth-order valence-corrected chi connectivity index (χ4v) is 2.09. The highest BCUT2D eigenvalue weighted by Crippen LogP contribution is 2.30. The van der Waals surface area contributed by atoms with Crippen LogP contribution in [0.3, 0.4) is 0 Å². The second-order valence-corrected chi connectivity index (χ2v) is 4.91. The quantitative estimate of drug-likeness (QED) is 0.735. The summed E-state index contributed by atoms with van der Waals surface area (Å²) in [6.45, 7) is 0. The lowest BCUT2D eigenvalue weighted by atomic mass is 10.3. The molecule has 0 fully saturated rings. The highest BCUT2D eigenvalue weighted by Gasteiger charge is 2.04. The van der Waals surface area contributed by atoms with Crippen LogP contribution in [-0.4, -0.2) is 4.98 Å². The molecule has 2 rings (SSSR count). The molecule has 2 aromatic rings. The third-order valence-electron chi connectivity index (χ3n) is 2.06. The van der Waals surface area contributed by atoms with Crippen molar-refractivity contribution in [3.63, 3.8) is 0 Å². The van der Waals surface area contributed by atoms with E-state index in [0.29, 0.717) is 22.5 Å². The van der Waals surface area contributed by atoms with Gasteiger partial charge in [0.25, 0.3) is 0 Å². The van der Waals surface area contributed by atoms with E-state index >= 15 is 0 Å². The zero-order valence-corrected chi connectivity index (χ0v) is 11.8. The first-order valence-electron chi connectivity index (χ1n) is 4.83. The maximum atomic E-state index is 6.03. The summed E-state index contributed by atoms with van der Waals surface area (Å²) in [6, 6.07) is 9.03. The van der Waals surface area contributed by atoms with Gasteiger partial charge in [0.15, 0.2) is 0 Å². The fourth-order valence-electron chi connectivity index (χ4n) is 1.22. The van der Waals surface area contributed by atoms with Crippen LogP contribution in [0.25, 0.3) is 0 Å². The van der Waals surface area contributed by atoms with Crippen molar-refractivity contribution in [1.29, 1.82) is 0 Å². The first-order valence-corrected chi connectivity index (χ1v) is 6.53. The molecule has 1 aromatic heterocycles. The van der Waals surface area contributed by atoms with Gasteiger partial charge in [-0.05, 0) is 23.8 Å². The summed E-state index contributed by atoms with van der Waals surface area (Å²) in [5, 5.41) is 0.530. The average Bonchev–Trinajstić information content (AvgIpc) is 2.34. The van der Waals surface area contributed by atoms with Gasteiger partial charge in [-0.15, -0.1) is 11.6 Å². The summed E-state index contributed by atoms with van der Waals surface area (Å²) in [6.07, 6.45) is 1.68. The SMILES string of the molecule is ClCc1ccc(Oc2ccc(Br)cc2Cl)nc1. The second kappa shape index (κ2) is 5.71. The summed E-state index contributed by atoms with van der Waals surface area (Å²) < 4.78 is 6.46. The van der Waals surface area contributed by atoms with Crippen LogP contribution >= 0.6 is 39.1 Å². The van der Waals surface area contributed by atoms with E-state index in [4.69, 9.17) is 27.9 Å². The fraction of sp³-hybridized carbons (Fsp3) is 0.0833. The monoisotopic (exact) mass is 331 g/mol.